The number of fused-ring (bicyclic) bond motifs is 1. The number of aryl methyl sites for hydroxylation is 1. The van der Waals surface area contributed by atoms with Gasteiger partial charge in [0, 0.05) is 24.8 Å². The van der Waals surface area contributed by atoms with Crippen LogP contribution in [0, 0.1) is 29.5 Å². The second-order valence-electron chi connectivity index (χ2n) is 8.53. The lowest BCUT2D eigenvalue weighted by atomic mass is 9.80. The van der Waals surface area contributed by atoms with Gasteiger partial charge >= 0.3 is 0 Å². The highest BCUT2D eigenvalue weighted by Gasteiger charge is 2.20. The molecule has 0 unspecified atom stereocenters. The average molecular weight is 401 g/mol. The van der Waals surface area contributed by atoms with Crippen LogP contribution >= 0.6 is 0 Å². The van der Waals surface area contributed by atoms with E-state index in [2.05, 4.69) is 36.1 Å². The van der Waals surface area contributed by atoms with E-state index >= 15 is 0 Å². The van der Waals surface area contributed by atoms with Crippen LogP contribution in [0.5, 0.6) is 0 Å². The second-order valence-corrected chi connectivity index (χ2v) is 8.53. The van der Waals surface area contributed by atoms with Gasteiger partial charge in [-0.2, -0.15) is 0 Å². The van der Waals surface area contributed by atoms with Crippen LogP contribution in [0.4, 0.5) is 4.39 Å². The number of hydrogen-bond donors (Lipinski definition) is 0. The molecule has 0 aromatic heterocycles. The maximum absolute atomic E-state index is 13.3. The third-order valence-electron chi connectivity index (χ3n) is 6.32. The summed E-state index contributed by atoms with van der Waals surface area (Å²) in [6, 6.07) is 19.4. The highest BCUT2D eigenvalue weighted by molar-refractivity contribution is 5.83. The van der Waals surface area contributed by atoms with E-state index in [1.54, 1.807) is 12.1 Å². The largest absolute Gasteiger partial charge is 0.384 e. The molecule has 0 aliphatic heterocycles. The molecule has 1 nitrogen and oxygen atoms in total. The first-order chi connectivity index (χ1) is 14.7. The van der Waals surface area contributed by atoms with Crippen LogP contribution in [-0.2, 0) is 11.2 Å². The minimum atomic E-state index is -0.208. The topological polar surface area (TPSA) is 9.23 Å². The monoisotopic (exact) mass is 400 g/mol. The van der Waals surface area contributed by atoms with Crippen molar-refractivity contribution in [2.75, 3.05) is 13.7 Å². The van der Waals surface area contributed by atoms with Gasteiger partial charge in [0.15, 0.2) is 0 Å². The molecule has 0 amide bonds. The maximum Gasteiger partial charge on any atom is 0.123 e. The van der Waals surface area contributed by atoms with Crippen LogP contribution in [-0.4, -0.2) is 13.7 Å². The Morgan fingerprint density at radius 2 is 1.43 bits per heavy atom. The summed E-state index contributed by atoms with van der Waals surface area (Å²) in [7, 11) is 1.81. The molecule has 0 heterocycles. The van der Waals surface area contributed by atoms with Gasteiger partial charge in [0.25, 0.3) is 0 Å². The van der Waals surface area contributed by atoms with Crippen LogP contribution in [0.15, 0.2) is 60.7 Å². The van der Waals surface area contributed by atoms with Gasteiger partial charge < -0.3 is 4.74 Å². The van der Waals surface area contributed by atoms with Crippen molar-refractivity contribution >= 4 is 10.8 Å². The molecule has 4 rings (SSSR count). The van der Waals surface area contributed by atoms with Crippen molar-refractivity contribution in [1.82, 2.24) is 0 Å². The lowest BCUT2D eigenvalue weighted by molar-refractivity contribution is 0.117. The number of halogens is 1. The molecule has 1 saturated carbocycles. The van der Waals surface area contributed by atoms with Crippen molar-refractivity contribution in [3.8, 4) is 11.8 Å². The molecule has 0 saturated heterocycles. The minimum Gasteiger partial charge on any atom is -0.384 e. The molecule has 2 heteroatoms. The Balaban J connectivity index is 1.32. The molecule has 3 aromatic carbocycles. The van der Waals surface area contributed by atoms with Crippen molar-refractivity contribution in [2.24, 2.45) is 11.8 Å². The first kappa shape index (κ1) is 20.6. The van der Waals surface area contributed by atoms with E-state index in [4.69, 9.17) is 4.74 Å². The molecule has 1 aliphatic rings. The average Bonchev–Trinajstić information content (AvgIpc) is 2.78. The highest BCUT2D eigenvalue weighted by atomic mass is 19.1. The molecule has 3 aromatic rings. The quantitative estimate of drug-likeness (QED) is 0.430. The van der Waals surface area contributed by atoms with Gasteiger partial charge in [-0.15, -0.1) is 0 Å². The van der Waals surface area contributed by atoms with E-state index in [-0.39, 0.29) is 5.82 Å². The number of methoxy groups -OCH3 is 1. The van der Waals surface area contributed by atoms with Gasteiger partial charge in [-0.3, -0.25) is 0 Å². The molecule has 30 heavy (non-hydrogen) atoms. The lowest BCUT2D eigenvalue weighted by Crippen LogP contribution is -2.18. The zero-order valence-corrected chi connectivity index (χ0v) is 17.7. The Labute approximate surface area is 179 Å². The van der Waals surface area contributed by atoms with Crippen molar-refractivity contribution < 1.29 is 9.13 Å². The summed E-state index contributed by atoms with van der Waals surface area (Å²) >= 11 is 0. The van der Waals surface area contributed by atoms with Crippen molar-refractivity contribution in [1.29, 1.82) is 0 Å². The number of hydrogen-bond acceptors (Lipinski definition) is 1. The van der Waals surface area contributed by atoms with Gasteiger partial charge in [0.05, 0.1) is 0 Å². The van der Waals surface area contributed by atoms with Gasteiger partial charge in [0.2, 0.25) is 0 Å². The lowest BCUT2D eigenvalue weighted by Gasteiger charge is -2.28. The highest BCUT2D eigenvalue weighted by Crippen LogP contribution is 2.31. The van der Waals surface area contributed by atoms with Gasteiger partial charge in [-0.05, 0) is 90.3 Å². The van der Waals surface area contributed by atoms with Crippen LogP contribution in [0.3, 0.4) is 0 Å². The molecule has 1 fully saturated rings. The summed E-state index contributed by atoms with van der Waals surface area (Å²) in [5.74, 6) is 7.91. The standard InChI is InChI=1S/C28H29FO/c1-30-20-25-12-9-23(10-13-25)7-4-21-2-5-22(6-3-21)8-11-24-14-15-27-19-28(29)17-16-26(27)18-24/h2-3,5-6,14-19,23,25H,4,7,9-10,12-13,20H2,1H3. The maximum atomic E-state index is 13.3. The number of rotatable bonds is 5. The molecule has 1 aliphatic carbocycles. The van der Waals surface area contributed by atoms with Crippen LogP contribution in [0.25, 0.3) is 10.8 Å². The summed E-state index contributed by atoms with van der Waals surface area (Å²) in [4.78, 5) is 0. The fourth-order valence-corrected chi connectivity index (χ4v) is 4.49. The van der Waals surface area contributed by atoms with Crippen molar-refractivity contribution in [3.05, 3.63) is 83.2 Å². The zero-order chi connectivity index (χ0) is 20.8. The minimum absolute atomic E-state index is 0.208. The Hall–Kier alpha value is -2.63. The third kappa shape index (κ3) is 5.49. The van der Waals surface area contributed by atoms with Crippen molar-refractivity contribution in [3.63, 3.8) is 0 Å². The summed E-state index contributed by atoms with van der Waals surface area (Å²) < 4.78 is 18.6. The van der Waals surface area contributed by atoms with Crippen LogP contribution < -0.4 is 0 Å². The normalized spacial score (nSPS) is 18.7. The first-order valence-corrected chi connectivity index (χ1v) is 11.0. The van der Waals surface area contributed by atoms with E-state index in [0.717, 1.165) is 46.8 Å². The van der Waals surface area contributed by atoms with Crippen LogP contribution in [0.2, 0.25) is 0 Å². The van der Waals surface area contributed by atoms with E-state index in [0.29, 0.717) is 0 Å². The molecule has 0 atom stereocenters. The summed E-state index contributed by atoms with van der Waals surface area (Å²) in [5, 5.41) is 1.91. The fraction of sp³-hybridized carbons (Fsp3) is 0.357. The number of benzene rings is 3. The predicted octanol–water partition coefficient (Wildman–Crippen LogP) is 6.76. The Kier molecular flexibility index (Phi) is 6.82. The summed E-state index contributed by atoms with van der Waals surface area (Å²) in [5.41, 5.74) is 3.37. The molecular formula is C28H29FO. The van der Waals surface area contributed by atoms with Crippen LogP contribution in [0.1, 0.15) is 48.8 Å². The number of ether oxygens (including phenoxy) is 1. The zero-order valence-electron chi connectivity index (χ0n) is 17.7. The van der Waals surface area contributed by atoms with Gasteiger partial charge in [-0.25, -0.2) is 4.39 Å². The molecule has 0 spiro atoms. The molecular weight excluding hydrogens is 371 g/mol. The van der Waals surface area contributed by atoms with E-state index in [1.807, 2.05) is 25.3 Å². The van der Waals surface area contributed by atoms with Gasteiger partial charge in [0.1, 0.15) is 5.82 Å². The Morgan fingerprint density at radius 1 is 0.800 bits per heavy atom. The smallest absolute Gasteiger partial charge is 0.123 e. The van der Waals surface area contributed by atoms with E-state index < -0.39 is 0 Å². The van der Waals surface area contributed by atoms with E-state index in [9.17, 15) is 4.39 Å². The summed E-state index contributed by atoms with van der Waals surface area (Å²) in [6.07, 6.45) is 7.75. The van der Waals surface area contributed by atoms with E-state index in [1.165, 1.54) is 43.7 Å². The molecule has 0 radical (unpaired) electrons. The predicted molar refractivity (Wildman–Crippen MR) is 122 cm³/mol. The molecule has 0 N–H and O–H groups in total. The SMILES string of the molecule is COCC1CCC(CCc2ccc(C#Cc3ccc4cc(F)ccc4c3)cc2)CC1. The molecule has 154 valence electrons. The van der Waals surface area contributed by atoms with Crippen molar-refractivity contribution in [2.45, 2.75) is 38.5 Å². The molecule has 0 bridgehead atoms. The Bertz CT molecular complexity index is 1030. The third-order valence-corrected chi connectivity index (χ3v) is 6.32. The first-order valence-electron chi connectivity index (χ1n) is 11.0. The van der Waals surface area contributed by atoms with Gasteiger partial charge in [-0.1, -0.05) is 48.9 Å². The Morgan fingerprint density at radius 3 is 2.20 bits per heavy atom. The fourth-order valence-electron chi connectivity index (χ4n) is 4.49. The second kappa shape index (κ2) is 9.92. The summed E-state index contributed by atoms with van der Waals surface area (Å²) in [6.45, 7) is 0.924.